The average Bonchev–Trinajstić information content (AvgIpc) is 3.08. The first kappa shape index (κ1) is 13.5. The zero-order chi connectivity index (χ0) is 13.1. The molecule has 1 aromatic heterocycles. The molecule has 1 aliphatic heterocycles. The van der Waals surface area contributed by atoms with Crippen LogP contribution in [0.3, 0.4) is 0 Å². The van der Waals surface area contributed by atoms with Crippen LogP contribution in [-0.2, 0) is 27.2 Å². The van der Waals surface area contributed by atoms with Crippen molar-refractivity contribution >= 4 is 11.3 Å². The lowest BCUT2D eigenvalue weighted by atomic mass is 9.92. The number of thiazole rings is 1. The van der Waals surface area contributed by atoms with Crippen LogP contribution in [0.2, 0.25) is 0 Å². The monoisotopic (exact) mass is 283 g/mol. The fourth-order valence-electron chi connectivity index (χ4n) is 2.76. The van der Waals surface area contributed by atoms with Crippen molar-refractivity contribution in [3.63, 3.8) is 0 Å². The zero-order valence-corrected chi connectivity index (χ0v) is 12.2. The van der Waals surface area contributed by atoms with E-state index in [1.54, 1.807) is 11.3 Å². The first-order valence-corrected chi connectivity index (χ1v) is 8.00. The number of ether oxygens (including phenoxy) is 3. The van der Waals surface area contributed by atoms with Crippen molar-refractivity contribution in [1.82, 2.24) is 4.98 Å². The SMILES string of the molecule is CCc1nc(COC2CCC3(CC2)OCCO3)cs1. The van der Waals surface area contributed by atoms with Gasteiger partial charge in [0.2, 0.25) is 0 Å². The maximum absolute atomic E-state index is 5.96. The van der Waals surface area contributed by atoms with Crippen LogP contribution in [0.25, 0.3) is 0 Å². The van der Waals surface area contributed by atoms with Crippen LogP contribution in [0.5, 0.6) is 0 Å². The van der Waals surface area contributed by atoms with E-state index >= 15 is 0 Å². The van der Waals surface area contributed by atoms with E-state index in [2.05, 4.69) is 17.3 Å². The fourth-order valence-corrected chi connectivity index (χ4v) is 3.49. The molecule has 2 heterocycles. The molecule has 1 aromatic rings. The number of aromatic nitrogens is 1. The summed E-state index contributed by atoms with van der Waals surface area (Å²) in [6, 6.07) is 0. The molecule has 3 rings (SSSR count). The van der Waals surface area contributed by atoms with Crippen molar-refractivity contribution in [2.75, 3.05) is 13.2 Å². The molecule has 2 aliphatic rings. The predicted octanol–water partition coefficient (Wildman–Crippen LogP) is 2.91. The average molecular weight is 283 g/mol. The number of hydrogen-bond donors (Lipinski definition) is 0. The Kier molecular flexibility index (Phi) is 4.17. The molecule has 106 valence electrons. The highest BCUT2D eigenvalue weighted by Crippen LogP contribution is 2.36. The van der Waals surface area contributed by atoms with E-state index in [4.69, 9.17) is 14.2 Å². The Morgan fingerprint density at radius 1 is 1.37 bits per heavy atom. The van der Waals surface area contributed by atoms with E-state index in [1.807, 2.05) is 0 Å². The van der Waals surface area contributed by atoms with Gasteiger partial charge in [-0.3, -0.25) is 0 Å². The first-order chi connectivity index (χ1) is 9.30. The molecule has 0 atom stereocenters. The summed E-state index contributed by atoms with van der Waals surface area (Å²) in [4.78, 5) is 4.53. The van der Waals surface area contributed by atoms with Crippen molar-refractivity contribution in [2.24, 2.45) is 0 Å². The summed E-state index contributed by atoms with van der Waals surface area (Å²) in [5.41, 5.74) is 1.07. The third-order valence-electron chi connectivity index (χ3n) is 3.88. The molecule has 0 bridgehead atoms. The maximum atomic E-state index is 5.96. The second-order valence-electron chi connectivity index (χ2n) is 5.20. The van der Waals surface area contributed by atoms with Crippen LogP contribution in [0.15, 0.2) is 5.38 Å². The Morgan fingerprint density at radius 3 is 2.74 bits per heavy atom. The van der Waals surface area contributed by atoms with Gasteiger partial charge in [0.15, 0.2) is 5.79 Å². The van der Waals surface area contributed by atoms with Crippen molar-refractivity contribution in [1.29, 1.82) is 0 Å². The van der Waals surface area contributed by atoms with Gasteiger partial charge in [0.05, 0.1) is 36.6 Å². The molecular weight excluding hydrogens is 262 g/mol. The van der Waals surface area contributed by atoms with E-state index in [0.717, 1.165) is 51.0 Å². The van der Waals surface area contributed by atoms with Gasteiger partial charge in [0.25, 0.3) is 0 Å². The lowest BCUT2D eigenvalue weighted by Crippen LogP contribution is -2.37. The van der Waals surface area contributed by atoms with Gasteiger partial charge in [0.1, 0.15) is 0 Å². The summed E-state index contributed by atoms with van der Waals surface area (Å²) in [5, 5.41) is 3.29. The molecule has 0 aromatic carbocycles. The van der Waals surface area contributed by atoms with Crippen molar-refractivity contribution in [3.8, 4) is 0 Å². The van der Waals surface area contributed by atoms with Crippen LogP contribution in [0.4, 0.5) is 0 Å². The van der Waals surface area contributed by atoms with Gasteiger partial charge in [0, 0.05) is 18.2 Å². The summed E-state index contributed by atoms with van der Waals surface area (Å²) in [6.45, 7) is 4.25. The van der Waals surface area contributed by atoms with E-state index in [1.165, 1.54) is 5.01 Å². The van der Waals surface area contributed by atoms with Gasteiger partial charge in [-0.25, -0.2) is 4.98 Å². The molecule has 0 amide bonds. The summed E-state index contributed by atoms with van der Waals surface area (Å²) in [6.07, 6.45) is 5.27. The highest BCUT2D eigenvalue weighted by molar-refractivity contribution is 7.09. The molecule has 1 saturated carbocycles. The van der Waals surface area contributed by atoms with Crippen LogP contribution in [0.1, 0.15) is 43.3 Å². The Morgan fingerprint density at radius 2 is 2.11 bits per heavy atom. The van der Waals surface area contributed by atoms with Crippen molar-refractivity contribution in [2.45, 2.75) is 57.5 Å². The van der Waals surface area contributed by atoms with Gasteiger partial charge < -0.3 is 14.2 Å². The van der Waals surface area contributed by atoms with E-state index in [0.29, 0.717) is 12.7 Å². The highest BCUT2D eigenvalue weighted by atomic mass is 32.1. The number of aryl methyl sites for hydroxylation is 1. The molecule has 1 saturated heterocycles. The number of rotatable bonds is 4. The van der Waals surface area contributed by atoms with Crippen molar-refractivity contribution < 1.29 is 14.2 Å². The van der Waals surface area contributed by atoms with Crippen LogP contribution < -0.4 is 0 Å². The third-order valence-corrected chi connectivity index (χ3v) is 4.92. The Hall–Kier alpha value is -0.490. The lowest BCUT2D eigenvalue weighted by Gasteiger charge is -2.35. The summed E-state index contributed by atoms with van der Waals surface area (Å²) in [5.74, 6) is -0.282. The smallest absolute Gasteiger partial charge is 0.168 e. The predicted molar refractivity (Wildman–Crippen MR) is 73.2 cm³/mol. The largest absolute Gasteiger partial charge is 0.372 e. The Balaban J connectivity index is 1.44. The first-order valence-electron chi connectivity index (χ1n) is 7.12. The molecule has 0 radical (unpaired) electrons. The number of nitrogens with zero attached hydrogens (tertiary/aromatic N) is 1. The second kappa shape index (κ2) is 5.87. The molecule has 0 N–H and O–H groups in total. The van der Waals surface area contributed by atoms with E-state index in [9.17, 15) is 0 Å². The molecule has 2 fully saturated rings. The van der Waals surface area contributed by atoms with Gasteiger partial charge in [-0.2, -0.15) is 0 Å². The summed E-state index contributed by atoms with van der Waals surface area (Å²) < 4.78 is 17.4. The quantitative estimate of drug-likeness (QED) is 0.852. The summed E-state index contributed by atoms with van der Waals surface area (Å²) in [7, 11) is 0. The molecule has 5 heteroatoms. The molecule has 1 aliphatic carbocycles. The minimum atomic E-state index is -0.282. The van der Waals surface area contributed by atoms with Gasteiger partial charge in [-0.15, -0.1) is 11.3 Å². The van der Waals surface area contributed by atoms with Crippen LogP contribution in [-0.4, -0.2) is 30.1 Å². The minimum Gasteiger partial charge on any atom is -0.372 e. The minimum absolute atomic E-state index is 0.282. The Labute approximate surface area is 118 Å². The number of hydrogen-bond acceptors (Lipinski definition) is 5. The van der Waals surface area contributed by atoms with Gasteiger partial charge in [-0.1, -0.05) is 6.92 Å². The molecular formula is C14H21NO3S. The fraction of sp³-hybridized carbons (Fsp3) is 0.786. The van der Waals surface area contributed by atoms with Gasteiger partial charge in [-0.05, 0) is 19.3 Å². The molecule has 1 spiro atoms. The normalized spacial score (nSPS) is 23.2. The third kappa shape index (κ3) is 3.16. The van der Waals surface area contributed by atoms with E-state index in [-0.39, 0.29) is 5.79 Å². The topological polar surface area (TPSA) is 40.6 Å². The van der Waals surface area contributed by atoms with E-state index < -0.39 is 0 Å². The van der Waals surface area contributed by atoms with Crippen molar-refractivity contribution in [3.05, 3.63) is 16.1 Å². The van der Waals surface area contributed by atoms with Crippen LogP contribution >= 0.6 is 11.3 Å². The molecule has 4 nitrogen and oxygen atoms in total. The lowest BCUT2D eigenvalue weighted by molar-refractivity contribution is -0.192. The standard InChI is InChI=1S/C14H21NO3S/c1-2-13-15-11(10-19-13)9-16-12-3-5-14(6-4-12)17-7-8-18-14/h10,12H,2-9H2,1H3. The maximum Gasteiger partial charge on any atom is 0.168 e. The van der Waals surface area contributed by atoms with Crippen LogP contribution in [0, 0.1) is 0 Å². The van der Waals surface area contributed by atoms with Gasteiger partial charge >= 0.3 is 0 Å². The molecule has 0 unspecified atom stereocenters. The Bertz CT molecular complexity index is 405. The second-order valence-corrected chi connectivity index (χ2v) is 6.15. The molecule has 19 heavy (non-hydrogen) atoms. The zero-order valence-electron chi connectivity index (χ0n) is 11.4. The highest BCUT2D eigenvalue weighted by Gasteiger charge is 2.40. The summed E-state index contributed by atoms with van der Waals surface area (Å²) >= 11 is 1.72.